The molecule has 1 aromatic carbocycles. The first-order chi connectivity index (χ1) is 8.59. The smallest absolute Gasteiger partial charge is 0.200 e. The molecule has 3 nitrogen and oxygen atoms in total. The highest BCUT2D eigenvalue weighted by molar-refractivity contribution is 7.71. The summed E-state index contributed by atoms with van der Waals surface area (Å²) < 4.78 is 2.69. The number of H-pyrrole nitrogens is 1. The van der Waals surface area contributed by atoms with Gasteiger partial charge in [0.2, 0.25) is 0 Å². The molecule has 0 saturated heterocycles. The van der Waals surface area contributed by atoms with Crippen molar-refractivity contribution in [2.24, 2.45) is 0 Å². The van der Waals surface area contributed by atoms with Crippen LogP contribution in [0.4, 0.5) is 0 Å². The van der Waals surface area contributed by atoms with Crippen molar-refractivity contribution in [3.8, 4) is 0 Å². The fourth-order valence-corrected chi connectivity index (χ4v) is 2.72. The van der Waals surface area contributed by atoms with Gasteiger partial charge in [-0.05, 0) is 42.3 Å². The highest BCUT2D eigenvalue weighted by Gasteiger charge is 2.12. The molecule has 18 heavy (non-hydrogen) atoms. The number of nitrogens with zero attached hydrogens (tertiary/aromatic N) is 2. The van der Waals surface area contributed by atoms with Crippen LogP contribution in [0.1, 0.15) is 30.9 Å². The van der Waals surface area contributed by atoms with Crippen molar-refractivity contribution in [2.75, 3.05) is 0 Å². The van der Waals surface area contributed by atoms with Gasteiger partial charge in [-0.3, -0.25) is 9.50 Å². The van der Waals surface area contributed by atoms with Crippen LogP contribution in [0, 0.1) is 11.7 Å². The van der Waals surface area contributed by atoms with E-state index < -0.39 is 0 Å². The van der Waals surface area contributed by atoms with Crippen molar-refractivity contribution in [1.82, 2.24) is 14.6 Å². The summed E-state index contributed by atoms with van der Waals surface area (Å²) in [6.45, 7) is 6.52. The number of para-hydroxylation sites is 1. The van der Waals surface area contributed by atoms with Gasteiger partial charge in [0, 0.05) is 5.39 Å². The molecule has 0 saturated carbocycles. The summed E-state index contributed by atoms with van der Waals surface area (Å²) in [6, 6.07) is 8.49. The first kappa shape index (κ1) is 11.4. The Balaban J connectivity index is 2.67. The third kappa shape index (κ3) is 1.49. The number of nitrogens with one attached hydrogen (secondary N) is 1. The predicted octanol–water partition coefficient (Wildman–Crippen LogP) is 3.98. The Morgan fingerprint density at radius 3 is 2.83 bits per heavy atom. The number of benzene rings is 1. The summed E-state index contributed by atoms with van der Waals surface area (Å²) in [4.78, 5) is 0. The van der Waals surface area contributed by atoms with Gasteiger partial charge in [0.05, 0.1) is 5.52 Å². The second kappa shape index (κ2) is 3.92. The van der Waals surface area contributed by atoms with E-state index in [1.54, 1.807) is 0 Å². The maximum absolute atomic E-state index is 5.35. The molecule has 3 rings (SSSR count). The third-order valence-corrected chi connectivity index (χ3v) is 3.66. The van der Waals surface area contributed by atoms with Gasteiger partial charge in [-0.15, -0.1) is 0 Å². The normalized spacial score (nSPS) is 11.8. The summed E-state index contributed by atoms with van der Waals surface area (Å²) >= 11 is 5.35. The average molecular weight is 257 g/mol. The molecule has 4 heteroatoms. The molecule has 0 atom stereocenters. The number of hydrogen-bond acceptors (Lipinski definition) is 2. The molecule has 0 radical (unpaired) electrons. The van der Waals surface area contributed by atoms with Crippen LogP contribution in [0.15, 0.2) is 24.3 Å². The van der Waals surface area contributed by atoms with E-state index >= 15 is 0 Å². The number of aromatic amines is 1. The second-order valence-electron chi connectivity index (χ2n) is 4.95. The monoisotopic (exact) mass is 257 g/mol. The molecular formula is C14H15N3S. The standard InChI is InChI=1S/C14H15N3S/c1-8(2)10-5-4-6-11-9(3)7-12-15-16-14(18)17(12)13(10)11/h4-8H,1-3H3,(H,16,18). The molecule has 0 unspecified atom stereocenters. The van der Waals surface area contributed by atoms with E-state index in [4.69, 9.17) is 12.2 Å². The molecular weight excluding hydrogens is 242 g/mol. The Kier molecular flexibility index (Phi) is 2.48. The number of aryl methyl sites for hydroxylation is 1. The van der Waals surface area contributed by atoms with Crippen molar-refractivity contribution in [2.45, 2.75) is 26.7 Å². The number of fused-ring (bicyclic) bond motifs is 3. The number of pyridine rings is 1. The lowest BCUT2D eigenvalue weighted by Gasteiger charge is -2.13. The summed E-state index contributed by atoms with van der Waals surface area (Å²) in [5.41, 5.74) is 4.60. The van der Waals surface area contributed by atoms with Crippen molar-refractivity contribution >= 4 is 28.8 Å². The molecule has 3 aromatic rings. The highest BCUT2D eigenvalue weighted by atomic mass is 32.1. The van der Waals surface area contributed by atoms with Gasteiger partial charge in [0.15, 0.2) is 10.4 Å². The topological polar surface area (TPSA) is 33.1 Å². The van der Waals surface area contributed by atoms with Crippen LogP contribution in [-0.2, 0) is 0 Å². The maximum Gasteiger partial charge on any atom is 0.200 e. The molecule has 92 valence electrons. The zero-order valence-corrected chi connectivity index (χ0v) is 11.5. The quantitative estimate of drug-likeness (QED) is 0.669. The first-order valence-corrected chi connectivity index (χ1v) is 6.50. The van der Waals surface area contributed by atoms with Crippen LogP contribution < -0.4 is 0 Å². The van der Waals surface area contributed by atoms with Crippen LogP contribution in [0.25, 0.3) is 16.6 Å². The van der Waals surface area contributed by atoms with Gasteiger partial charge < -0.3 is 0 Å². The molecule has 2 aromatic heterocycles. The van der Waals surface area contributed by atoms with Gasteiger partial charge in [-0.25, -0.2) is 0 Å². The minimum Gasteiger partial charge on any atom is -0.268 e. The Hall–Kier alpha value is -1.68. The van der Waals surface area contributed by atoms with E-state index in [0.717, 1.165) is 5.65 Å². The Morgan fingerprint density at radius 2 is 2.11 bits per heavy atom. The van der Waals surface area contributed by atoms with E-state index in [1.807, 2.05) is 4.40 Å². The average Bonchev–Trinajstić information content (AvgIpc) is 2.70. The van der Waals surface area contributed by atoms with Gasteiger partial charge >= 0.3 is 0 Å². The van der Waals surface area contributed by atoms with Crippen LogP contribution in [0.2, 0.25) is 0 Å². The summed E-state index contributed by atoms with van der Waals surface area (Å²) in [7, 11) is 0. The van der Waals surface area contributed by atoms with Crippen LogP contribution in [0.3, 0.4) is 0 Å². The summed E-state index contributed by atoms with van der Waals surface area (Å²) in [5.74, 6) is 0.454. The van der Waals surface area contributed by atoms with Gasteiger partial charge in [-0.2, -0.15) is 5.10 Å². The van der Waals surface area contributed by atoms with Crippen LogP contribution >= 0.6 is 12.2 Å². The number of aromatic nitrogens is 3. The van der Waals surface area contributed by atoms with E-state index in [-0.39, 0.29) is 0 Å². The second-order valence-corrected chi connectivity index (χ2v) is 5.33. The molecule has 0 aliphatic heterocycles. The Bertz CT molecular complexity index is 796. The van der Waals surface area contributed by atoms with Crippen LogP contribution in [-0.4, -0.2) is 14.6 Å². The maximum atomic E-state index is 5.35. The molecule has 2 heterocycles. The molecule has 0 spiro atoms. The van der Waals surface area contributed by atoms with Gasteiger partial charge in [-0.1, -0.05) is 32.0 Å². The molecule has 0 aliphatic carbocycles. The van der Waals surface area contributed by atoms with E-state index in [1.165, 1.54) is 22.0 Å². The van der Waals surface area contributed by atoms with Crippen molar-refractivity contribution < 1.29 is 0 Å². The summed E-state index contributed by atoms with van der Waals surface area (Å²) in [5, 5.41) is 8.40. The predicted molar refractivity (Wildman–Crippen MR) is 76.7 cm³/mol. The largest absolute Gasteiger partial charge is 0.268 e. The zero-order valence-electron chi connectivity index (χ0n) is 10.7. The molecule has 0 aliphatic rings. The van der Waals surface area contributed by atoms with Gasteiger partial charge in [0.25, 0.3) is 0 Å². The van der Waals surface area contributed by atoms with E-state index in [2.05, 4.69) is 55.2 Å². The van der Waals surface area contributed by atoms with E-state index in [0.29, 0.717) is 10.7 Å². The fraction of sp³-hybridized carbons (Fsp3) is 0.286. The lowest BCUT2D eigenvalue weighted by molar-refractivity contribution is 0.869. The van der Waals surface area contributed by atoms with E-state index in [9.17, 15) is 0 Å². The SMILES string of the molecule is Cc1cc2n[nH]c(=S)n2c2c(C(C)C)cccc12. The molecule has 0 bridgehead atoms. The molecule has 1 N–H and O–H groups in total. The Labute approximate surface area is 110 Å². The fourth-order valence-electron chi connectivity index (χ4n) is 2.49. The lowest BCUT2D eigenvalue weighted by atomic mass is 9.98. The minimum absolute atomic E-state index is 0.454. The van der Waals surface area contributed by atoms with Crippen molar-refractivity contribution in [3.05, 3.63) is 40.2 Å². The summed E-state index contributed by atoms with van der Waals surface area (Å²) in [6.07, 6.45) is 0. The minimum atomic E-state index is 0.454. The molecule has 0 amide bonds. The van der Waals surface area contributed by atoms with Gasteiger partial charge in [0.1, 0.15) is 0 Å². The van der Waals surface area contributed by atoms with Crippen molar-refractivity contribution in [1.29, 1.82) is 0 Å². The number of rotatable bonds is 1. The van der Waals surface area contributed by atoms with Crippen LogP contribution in [0.5, 0.6) is 0 Å². The molecule has 0 fully saturated rings. The number of hydrogen-bond donors (Lipinski definition) is 1. The first-order valence-electron chi connectivity index (χ1n) is 6.09. The highest BCUT2D eigenvalue weighted by Crippen LogP contribution is 2.28. The Morgan fingerprint density at radius 1 is 1.33 bits per heavy atom. The third-order valence-electron chi connectivity index (χ3n) is 3.38. The zero-order chi connectivity index (χ0) is 12.9. The van der Waals surface area contributed by atoms with Crippen molar-refractivity contribution in [3.63, 3.8) is 0 Å². The lowest BCUT2D eigenvalue weighted by Crippen LogP contribution is -1.98.